The van der Waals surface area contributed by atoms with Crippen LogP contribution in [0.15, 0.2) is 29.2 Å². The Bertz CT molecular complexity index is 654. The van der Waals surface area contributed by atoms with Crippen LogP contribution >= 0.6 is 0 Å². The number of hydrogen-bond acceptors (Lipinski definition) is 3. The number of sulfonamides is 1. The molecular formula is C16H22N2O3S. The molecule has 2 saturated carbocycles. The first kappa shape index (κ1) is 15.3. The summed E-state index contributed by atoms with van der Waals surface area (Å²) in [5.74, 6) is 2.03. The molecule has 1 aromatic rings. The van der Waals surface area contributed by atoms with Crippen LogP contribution in [-0.4, -0.2) is 21.0 Å². The lowest BCUT2D eigenvalue weighted by Crippen LogP contribution is -2.42. The first-order chi connectivity index (χ1) is 10.4. The third-order valence-corrected chi connectivity index (χ3v) is 6.31. The van der Waals surface area contributed by atoms with E-state index in [4.69, 9.17) is 0 Å². The van der Waals surface area contributed by atoms with Gasteiger partial charge in [0, 0.05) is 6.54 Å². The maximum atomic E-state index is 12.1. The summed E-state index contributed by atoms with van der Waals surface area (Å²) in [6.07, 6.45) is 5.00. The number of fused-ring (bicyclic) bond motifs is 2. The summed E-state index contributed by atoms with van der Waals surface area (Å²) in [5.41, 5.74) is 0.972. The topological polar surface area (TPSA) is 75.3 Å². The van der Waals surface area contributed by atoms with Gasteiger partial charge in [-0.15, -0.1) is 0 Å². The number of hydrogen-bond donors (Lipinski definition) is 2. The van der Waals surface area contributed by atoms with Crippen LogP contribution in [0.4, 0.5) is 4.79 Å². The fourth-order valence-corrected chi connectivity index (χ4v) is 4.71. The highest BCUT2D eigenvalue weighted by molar-refractivity contribution is 7.90. The van der Waals surface area contributed by atoms with Gasteiger partial charge >= 0.3 is 6.03 Å². The molecule has 22 heavy (non-hydrogen) atoms. The zero-order chi connectivity index (χ0) is 15.7. The number of aryl methyl sites for hydroxylation is 1. The van der Waals surface area contributed by atoms with Gasteiger partial charge in [-0.25, -0.2) is 17.9 Å². The largest absolute Gasteiger partial charge is 0.337 e. The molecule has 2 N–H and O–H groups in total. The predicted octanol–water partition coefficient (Wildman–Crippen LogP) is 2.42. The molecule has 2 amide bonds. The Kier molecular flexibility index (Phi) is 4.12. The first-order valence-electron chi connectivity index (χ1n) is 7.81. The number of amides is 2. The molecule has 0 heterocycles. The van der Waals surface area contributed by atoms with E-state index in [2.05, 4.69) is 10.0 Å². The van der Waals surface area contributed by atoms with Crippen LogP contribution in [0.5, 0.6) is 0 Å². The number of carbonyl (C=O) groups excluding carboxylic acids is 1. The molecule has 0 aromatic heterocycles. The van der Waals surface area contributed by atoms with E-state index < -0.39 is 16.1 Å². The molecule has 0 radical (unpaired) electrons. The molecule has 0 unspecified atom stereocenters. The van der Waals surface area contributed by atoms with E-state index in [0.717, 1.165) is 17.9 Å². The summed E-state index contributed by atoms with van der Waals surface area (Å²) < 4.78 is 26.3. The van der Waals surface area contributed by atoms with E-state index in [1.807, 2.05) is 6.92 Å². The molecular weight excluding hydrogens is 300 g/mol. The van der Waals surface area contributed by atoms with E-state index in [1.165, 1.54) is 31.4 Å². The van der Waals surface area contributed by atoms with Crippen molar-refractivity contribution >= 4 is 16.1 Å². The SMILES string of the molecule is Cc1ccc(S(=O)(=O)NC(=O)NC[C@@H]2C[C@H]3CC[C@H]2C3)cc1. The summed E-state index contributed by atoms with van der Waals surface area (Å²) in [6, 6.07) is 5.79. The van der Waals surface area contributed by atoms with E-state index in [9.17, 15) is 13.2 Å². The highest BCUT2D eigenvalue weighted by Gasteiger charge is 2.39. The van der Waals surface area contributed by atoms with Crippen LogP contribution < -0.4 is 10.0 Å². The van der Waals surface area contributed by atoms with Gasteiger partial charge in [0.25, 0.3) is 10.0 Å². The van der Waals surface area contributed by atoms with Crippen LogP contribution in [0.1, 0.15) is 31.2 Å². The molecule has 120 valence electrons. The lowest BCUT2D eigenvalue weighted by atomic mass is 9.89. The molecule has 0 spiro atoms. The summed E-state index contributed by atoms with van der Waals surface area (Å²) in [7, 11) is -3.79. The minimum Gasteiger partial charge on any atom is -0.337 e. The van der Waals surface area contributed by atoms with Gasteiger partial charge in [0.15, 0.2) is 0 Å². The van der Waals surface area contributed by atoms with Gasteiger partial charge in [0.1, 0.15) is 0 Å². The van der Waals surface area contributed by atoms with Gasteiger partial charge in [-0.1, -0.05) is 24.1 Å². The van der Waals surface area contributed by atoms with Crippen molar-refractivity contribution in [2.45, 2.75) is 37.5 Å². The van der Waals surface area contributed by atoms with Crippen molar-refractivity contribution < 1.29 is 13.2 Å². The van der Waals surface area contributed by atoms with E-state index in [1.54, 1.807) is 12.1 Å². The second-order valence-corrected chi connectivity index (χ2v) is 8.25. The van der Waals surface area contributed by atoms with Crippen LogP contribution in [0.25, 0.3) is 0 Å². The molecule has 1 aromatic carbocycles. The number of urea groups is 1. The van der Waals surface area contributed by atoms with Crippen molar-refractivity contribution in [3.8, 4) is 0 Å². The summed E-state index contributed by atoms with van der Waals surface area (Å²) in [5, 5.41) is 2.72. The van der Waals surface area contributed by atoms with Crippen LogP contribution in [0, 0.1) is 24.7 Å². The molecule has 2 fully saturated rings. The minimum absolute atomic E-state index is 0.105. The standard InChI is InChI=1S/C16H22N2O3S/c1-11-2-6-15(7-3-11)22(20,21)18-16(19)17-10-14-9-12-4-5-13(14)8-12/h2-3,6-7,12-14H,4-5,8-10H2,1H3,(H2,17,18,19)/t12-,13-,14-/m0/s1. The average molecular weight is 322 g/mol. The molecule has 3 atom stereocenters. The first-order valence-corrected chi connectivity index (χ1v) is 9.29. The number of rotatable bonds is 4. The van der Waals surface area contributed by atoms with E-state index >= 15 is 0 Å². The third-order valence-electron chi connectivity index (χ3n) is 4.97. The van der Waals surface area contributed by atoms with Crippen molar-refractivity contribution in [2.24, 2.45) is 17.8 Å². The lowest BCUT2D eigenvalue weighted by Gasteiger charge is -2.21. The molecule has 2 aliphatic carbocycles. The second kappa shape index (κ2) is 5.91. The minimum atomic E-state index is -3.79. The van der Waals surface area contributed by atoms with Crippen LogP contribution in [0.2, 0.25) is 0 Å². The highest BCUT2D eigenvalue weighted by Crippen LogP contribution is 2.47. The summed E-state index contributed by atoms with van der Waals surface area (Å²) in [4.78, 5) is 12.0. The van der Waals surface area contributed by atoms with Gasteiger partial charge in [0.2, 0.25) is 0 Å². The maximum Gasteiger partial charge on any atom is 0.328 e. The fraction of sp³-hybridized carbons (Fsp3) is 0.562. The van der Waals surface area contributed by atoms with E-state index in [0.29, 0.717) is 18.4 Å². The monoisotopic (exact) mass is 322 g/mol. The van der Waals surface area contributed by atoms with Crippen molar-refractivity contribution in [1.82, 2.24) is 10.0 Å². The van der Waals surface area contributed by atoms with Crippen molar-refractivity contribution in [2.75, 3.05) is 6.54 Å². The van der Waals surface area contributed by atoms with Gasteiger partial charge in [-0.2, -0.15) is 0 Å². The van der Waals surface area contributed by atoms with Crippen LogP contribution in [0.3, 0.4) is 0 Å². The molecule has 6 heteroatoms. The molecule has 2 bridgehead atoms. The van der Waals surface area contributed by atoms with Crippen molar-refractivity contribution in [3.63, 3.8) is 0 Å². The average Bonchev–Trinajstić information content (AvgIpc) is 3.07. The smallest absolute Gasteiger partial charge is 0.328 e. The Morgan fingerprint density at radius 1 is 1.18 bits per heavy atom. The second-order valence-electron chi connectivity index (χ2n) is 6.56. The summed E-state index contributed by atoms with van der Waals surface area (Å²) in [6.45, 7) is 2.45. The Hall–Kier alpha value is -1.56. The molecule has 0 saturated heterocycles. The molecule has 3 rings (SSSR count). The Labute approximate surface area is 131 Å². The Balaban J connectivity index is 1.53. The molecule has 5 nitrogen and oxygen atoms in total. The zero-order valence-corrected chi connectivity index (χ0v) is 13.5. The Morgan fingerprint density at radius 2 is 1.91 bits per heavy atom. The van der Waals surface area contributed by atoms with Crippen molar-refractivity contribution in [3.05, 3.63) is 29.8 Å². The van der Waals surface area contributed by atoms with Gasteiger partial charge in [-0.3, -0.25) is 0 Å². The lowest BCUT2D eigenvalue weighted by molar-refractivity contribution is 0.239. The van der Waals surface area contributed by atoms with Crippen LogP contribution in [-0.2, 0) is 10.0 Å². The maximum absolute atomic E-state index is 12.1. The quantitative estimate of drug-likeness (QED) is 0.894. The fourth-order valence-electron chi connectivity index (χ4n) is 3.78. The summed E-state index contributed by atoms with van der Waals surface area (Å²) >= 11 is 0. The molecule has 2 aliphatic rings. The predicted molar refractivity (Wildman–Crippen MR) is 83.8 cm³/mol. The van der Waals surface area contributed by atoms with Gasteiger partial charge in [0.05, 0.1) is 4.90 Å². The normalized spacial score (nSPS) is 26.9. The van der Waals surface area contributed by atoms with Crippen molar-refractivity contribution in [1.29, 1.82) is 0 Å². The van der Waals surface area contributed by atoms with Gasteiger partial charge in [-0.05, 0) is 56.1 Å². The third kappa shape index (κ3) is 3.27. The highest BCUT2D eigenvalue weighted by atomic mass is 32.2. The Morgan fingerprint density at radius 3 is 2.50 bits per heavy atom. The zero-order valence-electron chi connectivity index (χ0n) is 12.7. The van der Waals surface area contributed by atoms with E-state index in [-0.39, 0.29) is 4.90 Å². The number of carbonyl (C=O) groups is 1. The van der Waals surface area contributed by atoms with Gasteiger partial charge < -0.3 is 5.32 Å². The number of nitrogens with one attached hydrogen (secondary N) is 2. The number of benzene rings is 1. The molecule has 0 aliphatic heterocycles.